The molecule has 2 unspecified atom stereocenters. The van der Waals surface area contributed by atoms with Crippen LogP contribution in [-0.2, 0) is 0 Å². The van der Waals surface area contributed by atoms with Gasteiger partial charge >= 0.3 is 0 Å². The van der Waals surface area contributed by atoms with Gasteiger partial charge in [0.05, 0.1) is 14.2 Å². The highest BCUT2D eigenvalue weighted by Crippen LogP contribution is 2.45. The van der Waals surface area contributed by atoms with Crippen LogP contribution in [0.5, 0.6) is 11.5 Å². The highest BCUT2D eigenvalue weighted by molar-refractivity contribution is 7.79. The lowest BCUT2D eigenvalue weighted by Crippen LogP contribution is -2.14. The maximum atomic E-state index is 5.73. The van der Waals surface area contributed by atoms with E-state index in [0.29, 0.717) is 0 Å². The number of methoxy groups -OCH3 is 2. The zero-order chi connectivity index (χ0) is 22.2. The summed E-state index contributed by atoms with van der Waals surface area (Å²) in [7, 11) is 2.02. The van der Waals surface area contributed by atoms with Gasteiger partial charge in [0, 0.05) is 10.6 Å². The third kappa shape index (κ3) is 5.10. The van der Waals surface area contributed by atoms with Crippen molar-refractivity contribution in [2.24, 2.45) is 0 Å². The highest BCUT2D eigenvalue weighted by atomic mass is 31.1. The van der Waals surface area contributed by atoms with E-state index in [2.05, 4.69) is 96.6 Å². The van der Waals surface area contributed by atoms with Gasteiger partial charge < -0.3 is 9.47 Å². The van der Waals surface area contributed by atoms with Crippen molar-refractivity contribution in [3.8, 4) is 11.5 Å². The Labute approximate surface area is 193 Å². The average molecular weight is 456 g/mol. The topological polar surface area (TPSA) is 18.5 Å². The molecule has 0 saturated carbocycles. The van der Waals surface area contributed by atoms with Crippen LogP contribution >= 0.6 is 15.8 Å². The second-order valence-electron chi connectivity index (χ2n) is 7.05. The Kier molecular flexibility index (Phi) is 7.73. The number of ether oxygens (including phenoxy) is 2. The van der Waals surface area contributed by atoms with Gasteiger partial charge in [0.25, 0.3) is 0 Å². The molecule has 0 amide bonds. The van der Waals surface area contributed by atoms with E-state index in [1.54, 1.807) is 14.2 Å². The van der Waals surface area contributed by atoms with E-state index in [9.17, 15) is 0 Å². The minimum absolute atomic E-state index is 0.735. The zero-order valence-corrected chi connectivity index (χ0v) is 20.0. The van der Waals surface area contributed by atoms with Crippen molar-refractivity contribution in [1.82, 2.24) is 0 Å². The molecule has 0 heterocycles. The van der Waals surface area contributed by atoms with Crippen molar-refractivity contribution in [3.63, 3.8) is 0 Å². The van der Waals surface area contributed by atoms with Crippen LogP contribution < -0.4 is 30.7 Å². The molecule has 4 heteroatoms. The Morgan fingerprint density at radius 1 is 0.469 bits per heavy atom. The number of rotatable bonds is 8. The summed E-state index contributed by atoms with van der Waals surface area (Å²) < 4.78 is 11.5. The molecule has 0 aliphatic rings. The predicted octanol–water partition coefficient (Wildman–Crippen LogP) is 5.74. The minimum atomic E-state index is -0.735. The van der Waals surface area contributed by atoms with Gasteiger partial charge in [-0.3, -0.25) is 0 Å². The van der Waals surface area contributed by atoms with Crippen LogP contribution in [0.3, 0.4) is 0 Å². The van der Waals surface area contributed by atoms with Gasteiger partial charge in [0.15, 0.2) is 0 Å². The zero-order valence-electron chi connectivity index (χ0n) is 18.3. The standard InChI is InChI=1S/C28H26O2P2/c1-29-25-17-9-11-19-27(25)31(23-13-5-3-6-14-23)21-22-32(24-15-7-4-8-16-24)28-20-12-10-18-26(28)30-2/h3-22H,1-2H3. The first kappa shape index (κ1) is 22.3. The summed E-state index contributed by atoms with van der Waals surface area (Å²) in [6.07, 6.45) is 0. The molecule has 4 aromatic rings. The second kappa shape index (κ2) is 11.1. The van der Waals surface area contributed by atoms with Crippen LogP contribution in [0.2, 0.25) is 0 Å². The van der Waals surface area contributed by atoms with Crippen molar-refractivity contribution in [2.75, 3.05) is 14.2 Å². The molecule has 160 valence electrons. The molecule has 4 rings (SSSR count). The molecule has 0 aliphatic heterocycles. The highest BCUT2D eigenvalue weighted by Gasteiger charge is 2.19. The van der Waals surface area contributed by atoms with E-state index >= 15 is 0 Å². The smallest absolute Gasteiger partial charge is 0.127 e. The summed E-state index contributed by atoms with van der Waals surface area (Å²) >= 11 is 0. The van der Waals surface area contributed by atoms with Gasteiger partial charge in [0.1, 0.15) is 11.5 Å². The summed E-state index contributed by atoms with van der Waals surface area (Å²) in [6.45, 7) is 0. The van der Waals surface area contributed by atoms with E-state index in [-0.39, 0.29) is 0 Å². The molecule has 4 aromatic carbocycles. The maximum Gasteiger partial charge on any atom is 0.127 e. The number of hydrogen-bond donors (Lipinski definition) is 0. The normalized spacial score (nSPS) is 12.9. The van der Waals surface area contributed by atoms with E-state index in [1.165, 1.54) is 21.2 Å². The van der Waals surface area contributed by atoms with Crippen LogP contribution in [0.25, 0.3) is 0 Å². The molecule has 0 aromatic heterocycles. The fraction of sp³-hybridized carbons (Fsp3) is 0.0714. The molecular formula is C28H26O2P2. The van der Waals surface area contributed by atoms with Gasteiger partial charge in [-0.2, -0.15) is 0 Å². The Hall–Kier alpha value is -2.92. The molecule has 0 saturated heterocycles. The van der Waals surface area contributed by atoms with Crippen molar-refractivity contribution < 1.29 is 9.47 Å². The van der Waals surface area contributed by atoms with E-state index in [4.69, 9.17) is 9.47 Å². The SMILES string of the molecule is COc1ccccc1P(C=CP(c1ccccc1)c1ccccc1OC)c1ccccc1. The quantitative estimate of drug-likeness (QED) is 0.315. The van der Waals surface area contributed by atoms with Crippen LogP contribution in [0.4, 0.5) is 0 Å². The number of benzene rings is 4. The summed E-state index contributed by atoms with van der Waals surface area (Å²) in [5.41, 5.74) is 0. The van der Waals surface area contributed by atoms with Crippen LogP contribution in [0.1, 0.15) is 0 Å². The van der Waals surface area contributed by atoms with Crippen LogP contribution in [-0.4, -0.2) is 14.2 Å². The Morgan fingerprint density at radius 2 is 0.812 bits per heavy atom. The number of hydrogen-bond acceptors (Lipinski definition) is 2. The van der Waals surface area contributed by atoms with E-state index < -0.39 is 15.8 Å². The van der Waals surface area contributed by atoms with Crippen LogP contribution in [0, 0.1) is 0 Å². The van der Waals surface area contributed by atoms with E-state index in [1.807, 2.05) is 24.3 Å². The van der Waals surface area contributed by atoms with Crippen molar-refractivity contribution >= 4 is 37.1 Å². The molecule has 2 atom stereocenters. The lowest BCUT2D eigenvalue weighted by molar-refractivity contribution is 0.418. The molecule has 0 spiro atoms. The van der Waals surface area contributed by atoms with Gasteiger partial charge in [0.2, 0.25) is 0 Å². The molecule has 32 heavy (non-hydrogen) atoms. The largest absolute Gasteiger partial charge is 0.496 e. The third-order valence-corrected chi connectivity index (χ3v) is 9.74. The molecule has 0 radical (unpaired) electrons. The van der Waals surface area contributed by atoms with Gasteiger partial charge in [-0.05, 0) is 38.6 Å². The van der Waals surface area contributed by atoms with Crippen molar-refractivity contribution in [3.05, 3.63) is 121 Å². The summed E-state index contributed by atoms with van der Waals surface area (Å²) in [5.74, 6) is 6.61. The molecule has 0 N–H and O–H groups in total. The summed E-state index contributed by atoms with van der Waals surface area (Å²) in [4.78, 5) is 0. The lowest BCUT2D eigenvalue weighted by atomic mass is 10.3. The monoisotopic (exact) mass is 456 g/mol. The molecule has 2 nitrogen and oxygen atoms in total. The van der Waals surface area contributed by atoms with Crippen molar-refractivity contribution in [1.29, 1.82) is 0 Å². The Balaban J connectivity index is 1.83. The van der Waals surface area contributed by atoms with Gasteiger partial charge in [-0.15, -0.1) is 0 Å². The van der Waals surface area contributed by atoms with E-state index in [0.717, 1.165) is 11.5 Å². The minimum Gasteiger partial charge on any atom is -0.496 e. The Morgan fingerprint density at radius 3 is 1.19 bits per heavy atom. The summed E-state index contributed by atoms with van der Waals surface area (Å²) in [6, 6.07) is 38.0. The first-order valence-electron chi connectivity index (χ1n) is 10.4. The first-order valence-corrected chi connectivity index (χ1v) is 13.3. The Bertz CT molecular complexity index is 1070. The van der Waals surface area contributed by atoms with Crippen molar-refractivity contribution in [2.45, 2.75) is 0 Å². The van der Waals surface area contributed by atoms with Crippen LogP contribution in [0.15, 0.2) is 121 Å². The fourth-order valence-electron chi connectivity index (χ4n) is 3.58. The molecular weight excluding hydrogens is 430 g/mol. The third-order valence-electron chi connectivity index (χ3n) is 5.12. The maximum absolute atomic E-state index is 5.73. The molecule has 0 fully saturated rings. The average Bonchev–Trinajstić information content (AvgIpc) is 2.88. The van der Waals surface area contributed by atoms with Gasteiger partial charge in [-0.25, -0.2) is 0 Å². The second-order valence-corrected chi connectivity index (χ2v) is 11.1. The fourth-order valence-corrected chi connectivity index (χ4v) is 8.15. The molecule has 0 aliphatic carbocycles. The van der Waals surface area contributed by atoms with Gasteiger partial charge in [-0.1, -0.05) is 109 Å². The number of para-hydroxylation sites is 2. The summed E-state index contributed by atoms with van der Waals surface area (Å²) in [5, 5.41) is 5.03. The first-order chi connectivity index (χ1) is 15.8. The molecule has 0 bridgehead atoms. The predicted molar refractivity (Wildman–Crippen MR) is 140 cm³/mol. The lowest BCUT2D eigenvalue weighted by Gasteiger charge is -2.21.